The Hall–Kier alpha value is -0.440. The third-order valence-electron chi connectivity index (χ3n) is 2.46. The molecule has 1 rings (SSSR count). The van der Waals surface area contributed by atoms with Crippen LogP contribution in [0.5, 0.6) is 0 Å². The molecule has 0 aromatic heterocycles. The lowest BCUT2D eigenvalue weighted by Crippen LogP contribution is -2.21. The van der Waals surface area contributed by atoms with Gasteiger partial charge in [-0.3, -0.25) is 5.41 Å². The molecule has 0 saturated carbocycles. The summed E-state index contributed by atoms with van der Waals surface area (Å²) in [5, 5.41) is 7.45. The number of hydrogen-bond donors (Lipinski definition) is 1. The van der Waals surface area contributed by atoms with Gasteiger partial charge in [0, 0.05) is 0 Å². The normalized spacial score (nSPS) is 11.4. The zero-order valence-corrected chi connectivity index (χ0v) is 12.2. The molecule has 0 radical (unpaired) electrons. The summed E-state index contributed by atoms with van der Waals surface area (Å²) in [4.78, 5) is 0. The van der Waals surface area contributed by atoms with Gasteiger partial charge >= 0.3 is 0 Å². The number of nitrogens with one attached hydrogen (secondary N) is 1. The first-order valence-corrected chi connectivity index (χ1v) is 6.20. The SMILES string of the molecule is Cc1cc(C)c(COC(=N)C(Cl)(Cl)Cl)c(C)c1. The Balaban J connectivity index is 2.80. The maximum absolute atomic E-state index is 7.45. The molecule has 0 aliphatic heterocycles. The molecule has 1 N–H and O–H groups in total. The van der Waals surface area contributed by atoms with Crippen LogP contribution in [0.25, 0.3) is 0 Å². The summed E-state index contributed by atoms with van der Waals surface area (Å²) in [6.07, 6.45) is 0. The number of alkyl halides is 3. The lowest BCUT2D eigenvalue weighted by molar-refractivity contribution is 0.282. The maximum atomic E-state index is 7.45. The first kappa shape index (κ1) is 14.6. The van der Waals surface area contributed by atoms with Gasteiger partial charge in [0.15, 0.2) is 0 Å². The van der Waals surface area contributed by atoms with Crippen LogP contribution < -0.4 is 0 Å². The van der Waals surface area contributed by atoms with E-state index < -0.39 is 3.79 Å². The second kappa shape index (κ2) is 5.47. The van der Waals surface area contributed by atoms with E-state index in [2.05, 4.69) is 12.1 Å². The lowest BCUT2D eigenvalue weighted by atomic mass is 10.0. The first-order chi connectivity index (χ1) is 7.71. The molecule has 0 saturated heterocycles. The molecule has 0 fully saturated rings. The molecular formula is C12H14Cl3NO. The van der Waals surface area contributed by atoms with Crippen LogP contribution in [0, 0.1) is 26.2 Å². The second-order valence-electron chi connectivity index (χ2n) is 3.99. The van der Waals surface area contributed by atoms with Crippen molar-refractivity contribution < 1.29 is 4.74 Å². The van der Waals surface area contributed by atoms with Crippen molar-refractivity contribution in [2.75, 3.05) is 0 Å². The predicted molar refractivity (Wildman–Crippen MR) is 73.5 cm³/mol. The summed E-state index contributed by atoms with van der Waals surface area (Å²) in [6, 6.07) is 4.12. The highest BCUT2D eigenvalue weighted by Crippen LogP contribution is 2.28. The highest BCUT2D eigenvalue weighted by molar-refractivity contribution is 6.76. The van der Waals surface area contributed by atoms with Crippen molar-refractivity contribution in [3.63, 3.8) is 0 Å². The van der Waals surface area contributed by atoms with E-state index in [9.17, 15) is 0 Å². The number of ether oxygens (including phenoxy) is 1. The van der Waals surface area contributed by atoms with Gasteiger partial charge in [-0.1, -0.05) is 52.5 Å². The first-order valence-electron chi connectivity index (χ1n) is 5.07. The largest absolute Gasteiger partial charge is 0.473 e. The van der Waals surface area contributed by atoms with Gasteiger partial charge in [-0.05, 0) is 37.5 Å². The number of halogens is 3. The van der Waals surface area contributed by atoms with Gasteiger partial charge < -0.3 is 4.74 Å². The summed E-state index contributed by atoms with van der Waals surface area (Å²) in [5.74, 6) is -0.359. The van der Waals surface area contributed by atoms with Crippen molar-refractivity contribution in [1.29, 1.82) is 5.41 Å². The summed E-state index contributed by atoms with van der Waals surface area (Å²) in [5.41, 5.74) is 4.44. The van der Waals surface area contributed by atoms with Crippen molar-refractivity contribution in [3.05, 3.63) is 34.4 Å². The van der Waals surface area contributed by atoms with Crippen LogP contribution in [-0.2, 0) is 11.3 Å². The molecule has 1 aromatic carbocycles. The van der Waals surface area contributed by atoms with Gasteiger partial charge in [-0.15, -0.1) is 0 Å². The standard InChI is InChI=1S/C12H14Cl3NO/c1-7-4-8(2)10(9(3)5-7)6-17-11(16)12(13,14)15/h4-5,16H,6H2,1-3H3. The van der Waals surface area contributed by atoms with Gasteiger partial charge in [-0.2, -0.15) is 0 Å². The fourth-order valence-electron chi connectivity index (χ4n) is 1.66. The Labute approximate surface area is 116 Å². The summed E-state index contributed by atoms with van der Waals surface area (Å²) < 4.78 is 3.38. The van der Waals surface area contributed by atoms with Crippen LogP contribution in [-0.4, -0.2) is 9.69 Å². The molecule has 0 unspecified atom stereocenters. The van der Waals surface area contributed by atoms with Crippen molar-refractivity contribution in [3.8, 4) is 0 Å². The molecule has 0 amide bonds. The monoisotopic (exact) mass is 293 g/mol. The Morgan fingerprint density at radius 2 is 1.65 bits per heavy atom. The number of rotatable bonds is 2. The highest BCUT2D eigenvalue weighted by atomic mass is 35.6. The Morgan fingerprint density at radius 1 is 1.18 bits per heavy atom. The van der Waals surface area contributed by atoms with E-state index in [0.29, 0.717) is 0 Å². The molecule has 0 aliphatic rings. The van der Waals surface area contributed by atoms with Crippen LogP contribution in [0.2, 0.25) is 0 Å². The smallest absolute Gasteiger partial charge is 0.265 e. The molecule has 5 heteroatoms. The zero-order chi connectivity index (χ0) is 13.2. The minimum absolute atomic E-state index is 0.241. The van der Waals surface area contributed by atoms with Crippen LogP contribution in [0.3, 0.4) is 0 Å². The molecule has 0 bridgehead atoms. The van der Waals surface area contributed by atoms with E-state index in [1.165, 1.54) is 5.56 Å². The van der Waals surface area contributed by atoms with Crippen LogP contribution in [0.4, 0.5) is 0 Å². The van der Waals surface area contributed by atoms with Gasteiger partial charge in [0.1, 0.15) is 6.61 Å². The molecule has 2 nitrogen and oxygen atoms in total. The Kier molecular flexibility index (Phi) is 4.70. The van der Waals surface area contributed by atoms with Crippen LogP contribution >= 0.6 is 34.8 Å². The van der Waals surface area contributed by atoms with E-state index in [0.717, 1.165) is 16.7 Å². The molecule has 17 heavy (non-hydrogen) atoms. The highest BCUT2D eigenvalue weighted by Gasteiger charge is 2.28. The third kappa shape index (κ3) is 4.06. The van der Waals surface area contributed by atoms with Gasteiger partial charge in [0.05, 0.1) is 0 Å². The van der Waals surface area contributed by atoms with Crippen molar-refractivity contribution in [2.24, 2.45) is 0 Å². The molecule has 0 aliphatic carbocycles. The Bertz CT molecular complexity index is 415. The maximum Gasteiger partial charge on any atom is 0.265 e. The molecule has 1 aromatic rings. The third-order valence-corrected chi connectivity index (χ3v) is 2.97. The fourth-order valence-corrected chi connectivity index (χ4v) is 1.83. The van der Waals surface area contributed by atoms with E-state index in [1.807, 2.05) is 20.8 Å². The second-order valence-corrected chi connectivity index (χ2v) is 6.27. The van der Waals surface area contributed by atoms with Crippen molar-refractivity contribution in [1.82, 2.24) is 0 Å². The lowest BCUT2D eigenvalue weighted by Gasteiger charge is -2.16. The van der Waals surface area contributed by atoms with Crippen molar-refractivity contribution in [2.45, 2.75) is 31.2 Å². The van der Waals surface area contributed by atoms with Gasteiger partial charge in [-0.25, -0.2) is 0 Å². The molecule has 94 valence electrons. The minimum Gasteiger partial charge on any atom is -0.473 e. The number of hydrogen-bond acceptors (Lipinski definition) is 2. The molecule has 0 atom stereocenters. The molecule has 0 spiro atoms. The summed E-state index contributed by atoms with van der Waals surface area (Å²) in [6.45, 7) is 6.27. The topological polar surface area (TPSA) is 33.1 Å². The van der Waals surface area contributed by atoms with Gasteiger partial charge in [0.2, 0.25) is 5.90 Å². The average Bonchev–Trinajstić information content (AvgIpc) is 2.13. The number of aryl methyl sites for hydroxylation is 3. The van der Waals surface area contributed by atoms with E-state index >= 15 is 0 Å². The average molecular weight is 295 g/mol. The van der Waals surface area contributed by atoms with Crippen molar-refractivity contribution >= 4 is 40.7 Å². The minimum atomic E-state index is -1.80. The van der Waals surface area contributed by atoms with Crippen LogP contribution in [0.1, 0.15) is 22.3 Å². The Morgan fingerprint density at radius 3 is 2.06 bits per heavy atom. The quantitative estimate of drug-likeness (QED) is 0.487. The van der Waals surface area contributed by atoms with E-state index in [4.69, 9.17) is 44.9 Å². The van der Waals surface area contributed by atoms with Gasteiger partial charge in [0.25, 0.3) is 3.79 Å². The molecule has 0 heterocycles. The molecular weight excluding hydrogens is 280 g/mol. The predicted octanol–water partition coefficient (Wildman–Crippen LogP) is 4.48. The van der Waals surface area contributed by atoms with Crippen LogP contribution in [0.15, 0.2) is 12.1 Å². The fraction of sp³-hybridized carbons (Fsp3) is 0.417. The van der Waals surface area contributed by atoms with E-state index in [-0.39, 0.29) is 12.5 Å². The zero-order valence-electron chi connectivity index (χ0n) is 9.90. The van der Waals surface area contributed by atoms with E-state index in [1.54, 1.807) is 0 Å². The summed E-state index contributed by atoms with van der Waals surface area (Å²) in [7, 11) is 0. The summed E-state index contributed by atoms with van der Waals surface area (Å²) >= 11 is 16.6. The number of benzene rings is 1.